The third-order valence-corrected chi connectivity index (χ3v) is 3.98. The largest absolute Gasteiger partial charge is 0.379 e. The van der Waals surface area contributed by atoms with Crippen LogP contribution < -0.4 is 5.32 Å². The smallest absolute Gasteiger partial charge is 0.0648 e. The van der Waals surface area contributed by atoms with Gasteiger partial charge in [0, 0.05) is 37.3 Å². The highest BCUT2D eigenvalue weighted by Gasteiger charge is 2.41. The monoisotopic (exact) mass is 212 g/mol. The fraction of sp³-hybridized carbons (Fsp3) is 1.00. The summed E-state index contributed by atoms with van der Waals surface area (Å²) in [7, 11) is 0. The van der Waals surface area contributed by atoms with Gasteiger partial charge in [-0.05, 0) is 26.7 Å². The van der Waals surface area contributed by atoms with Crippen molar-refractivity contribution in [1.29, 1.82) is 0 Å². The summed E-state index contributed by atoms with van der Waals surface area (Å²) >= 11 is 0. The highest BCUT2D eigenvalue weighted by atomic mass is 16.5. The summed E-state index contributed by atoms with van der Waals surface area (Å²) in [6.07, 6.45) is 2.42. The quantitative estimate of drug-likeness (QED) is 0.745. The Morgan fingerprint density at radius 1 is 1.53 bits per heavy atom. The van der Waals surface area contributed by atoms with Gasteiger partial charge in [-0.15, -0.1) is 0 Å². The fourth-order valence-electron chi connectivity index (χ4n) is 2.86. The van der Waals surface area contributed by atoms with Crippen LogP contribution in [0.4, 0.5) is 0 Å². The van der Waals surface area contributed by atoms with Gasteiger partial charge < -0.3 is 10.1 Å². The van der Waals surface area contributed by atoms with Gasteiger partial charge in [0.25, 0.3) is 0 Å². The van der Waals surface area contributed by atoms with E-state index in [9.17, 15) is 0 Å². The Balaban J connectivity index is 2.08. The molecular weight excluding hydrogens is 188 g/mol. The normalized spacial score (nSPS) is 43.4. The second kappa shape index (κ2) is 4.40. The van der Waals surface area contributed by atoms with Crippen molar-refractivity contribution in [3.8, 4) is 0 Å². The van der Waals surface area contributed by atoms with Crippen LogP contribution in [-0.2, 0) is 4.74 Å². The van der Waals surface area contributed by atoms with Gasteiger partial charge in [-0.2, -0.15) is 0 Å². The average molecular weight is 212 g/mol. The molecule has 0 spiro atoms. The topological polar surface area (TPSA) is 24.5 Å². The molecular formula is C12H24N2O. The molecule has 2 fully saturated rings. The van der Waals surface area contributed by atoms with Gasteiger partial charge in [-0.1, -0.05) is 6.92 Å². The molecule has 1 N–H and O–H groups in total. The van der Waals surface area contributed by atoms with E-state index in [0.717, 1.165) is 19.8 Å². The van der Waals surface area contributed by atoms with Crippen molar-refractivity contribution in [2.75, 3.05) is 26.3 Å². The Morgan fingerprint density at radius 2 is 2.33 bits per heavy atom. The summed E-state index contributed by atoms with van der Waals surface area (Å²) in [6.45, 7) is 11.1. The van der Waals surface area contributed by atoms with Crippen molar-refractivity contribution in [2.24, 2.45) is 0 Å². The molecule has 0 aromatic carbocycles. The maximum absolute atomic E-state index is 5.58. The van der Waals surface area contributed by atoms with Crippen molar-refractivity contribution >= 4 is 0 Å². The average Bonchev–Trinajstić information content (AvgIpc) is 2.66. The number of piperazine rings is 1. The summed E-state index contributed by atoms with van der Waals surface area (Å²) in [5.74, 6) is 0. The van der Waals surface area contributed by atoms with Crippen molar-refractivity contribution in [2.45, 2.75) is 51.2 Å². The van der Waals surface area contributed by atoms with E-state index in [0.29, 0.717) is 12.1 Å². The summed E-state index contributed by atoms with van der Waals surface area (Å²) in [4.78, 5) is 2.68. The Labute approximate surface area is 93.2 Å². The summed E-state index contributed by atoms with van der Waals surface area (Å²) in [6, 6.07) is 1.30. The second-order valence-electron chi connectivity index (χ2n) is 5.32. The molecule has 3 atom stereocenters. The van der Waals surface area contributed by atoms with Crippen LogP contribution in [0, 0.1) is 0 Å². The van der Waals surface area contributed by atoms with Crippen LogP contribution in [0.15, 0.2) is 0 Å². The van der Waals surface area contributed by atoms with E-state index in [4.69, 9.17) is 4.74 Å². The van der Waals surface area contributed by atoms with Crippen molar-refractivity contribution < 1.29 is 4.74 Å². The molecule has 2 rings (SSSR count). The van der Waals surface area contributed by atoms with Crippen LogP contribution in [0.3, 0.4) is 0 Å². The number of hydrogen-bond acceptors (Lipinski definition) is 3. The molecule has 0 aromatic heterocycles. The van der Waals surface area contributed by atoms with E-state index in [1.54, 1.807) is 0 Å². The van der Waals surface area contributed by atoms with E-state index in [1.807, 2.05) is 0 Å². The third-order valence-electron chi connectivity index (χ3n) is 3.98. The zero-order valence-corrected chi connectivity index (χ0v) is 10.3. The summed E-state index contributed by atoms with van der Waals surface area (Å²) in [5.41, 5.74) is 0.289. The standard InChI is InChI=1S/C12H24N2O/c1-4-11-7-13-10(2)8-14(11)12(3)5-6-15-9-12/h10-11,13H,4-9H2,1-3H3. The molecule has 0 aliphatic carbocycles. The molecule has 0 aromatic rings. The first kappa shape index (κ1) is 11.4. The SMILES string of the molecule is CCC1CNC(C)CN1C1(C)CCOC1. The van der Waals surface area contributed by atoms with Gasteiger partial charge in [0.15, 0.2) is 0 Å². The minimum atomic E-state index is 0.289. The van der Waals surface area contributed by atoms with Crippen molar-refractivity contribution in [1.82, 2.24) is 10.2 Å². The van der Waals surface area contributed by atoms with Crippen LogP contribution in [0.1, 0.15) is 33.6 Å². The molecule has 3 heteroatoms. The van der Waals surface area contributed by atoms with Crippen LogP contribution >= 0.6 is 0 Å². The lowest BCUT2D eigenvalue weighted by molar-refractivity contribution is 0.0132. The van der Waals surface area contributed by atoms with Gasteiger partial charge in [-0.3, -0.25) is 4.90 Å². The highest BCUT2D eigenvalue weighted by Crippen LogP contribution is 2.30. The molecule has 2 aliphatic rings. The van der Waals surface area contributed by atoms with E-state index in [-0.39, 0.29) is 5.54 Å². The number of rotatable bonds is 2. The lowest BCUT2D eigenvalue weighted by Crippen LogP contribution is -2.63. The van der Waals surface area contributed by atoms with Crippen LogP contribution in [-0.4, -0.2) is 48.8 Å². The third kappa shape index (κ3) is 2.19. The zero-order valence-electron chi connectivity index (χ0n) is 10.3. The van der Waals surface area contributed by atoms with E-state index >= 15 is 0 Å². The first-order valence-corrected chi connectivity index (χ1v) is 6.23. The first-order chi connectivity index (χ1) is 7.15. The molecule has 2 saturated heterocycles. The van der Waals surface area contributed by atoms with Crippen LogP contribution in [0.25, 0.3) is 0 Å². The Hall–Kier alpha value is -0.120. The van der Waals surface area contributed by atoms with Crippen molar-refractivity contribution in [3.63, 3.8) is 0 Å². The highest BCUT2D eigenvalue weighted by molar-refractivity contribution is 4.97. The van der Waals surface area contributed by atoms with Gasteiger partial charge in [-0.25, -0.2) is 0 Å². The zero-order chi connectivity index (χ0) is 10.9. The molecule has 88 valence electrons. The van der Waals surface area contributed by atoms with E-state index in [2.05, 4.69) is 31.0 Å². The maximum atomic E-state index is 5.58. The maximum Gasteiger partial charge on any atom is 0.0648 e. The number of nitrogens with one attached hydrogen (secondary N) is 1. The number of nitrogens with zero attached hydrogens (tertiary/aromatic N) is 1. The summed E-state index contributed by atoms with van der Waals surface area (Å²) in [5, 5.41) is 3.57. The minimum absolute atomic E-state index is 0.289. The van der Waals surface area contributed by atoms with Gasteiger partial charge in [0.1, 0.15) is 0 Å². The molecule has 0 radical (unpaired) electrons. The number of ether oxygens (including phenoxy) is 1. The predicted molar refractivity (Wildman–Crippen MR) is 62.1 cm³/mol. The Kier molecular flexibility index (Phi) is 3.33. The molecule has 2 heterocycles. The second-order valence-corrected chi connectivity index (χ2v) is 5.32. The molecule has 3 unspecified atom stereocenters. The lowest BCUT2D eigenvalue weighted by atomic mass is 9.93. The van der Waals surface area contributed by atoms with Gasteiger partial charge in [0.05, 0.1) is 6.61 Å². The van der Waals surface area contributed by atoms with Crippen molar-refractivity contribution in [3.05, 3.63) is 0 Å². The molecule has 0 saturated carbocycles. The molecule has 0 amide bonds. The molecule has 3 nitrogen and oxygen atoms in total. The van der Waals surface area contributed by atoms with Crippen LogP contribution in [0.2, 0.25) is 0 Å². The molecule has 0 bridgehead atoms. The van der Waals surface area contributed by atoms with E-state index < -0.39 is 0 Å². The lowest BCUT2D eigenvalue weighted by Gasteiger charge is -2.47. The van der Waals surface area contributed by atoms with Gasteiger partial charge in [0.2, 0.25) is 0 Å². The summed E-state index contributed by atoms with van der Waals surface area (Å²) < 4.78 is 5.58. The first-order valence-electron chi connectivity index (χ1n) is 6.23. The Bertz CT molecular complexity index is 214. The molecule has 2 aliphatic heterocycles. The molecule has 15 heavy (non-hydrogen) atoms. The number of hydrogen-bond donors (Lipinski definition) is 1. The van der Waals surface area contributed by atoms with Crippen LogP contribution in [0.5, 0.6) is 0 Å². The fourth-order valence-corrected chi connectivity index (χ4v) is 2.86. The minimum Gasteiger partial charge on any atom is -0.379 e. The predicted octanol–water partition coefficient (Wildman–Crippen LogP) is 1.24. The van der Waals surface area contributed by atoms with Gasteiger partial charge >= 0.3 is 0 Å². The van der Waals surface area contributed by atoms with E-state index in [1.165, 1.54) is 19.4 Å². The Morgan fingerprint density at radius 3 is 2.93 bits per heavy atom.